The van der Waals surface area contributed by atoms with E-state index in [0.29, 0.717) is 22.0 Å². The molecule has 1 nitrogen and oxygen atoms in total. The summed E-state index contributed by atoms with van der Waals surface area (Å²) in [6.45, 7) is 0. The second-order valence-electron chi connectivity index (χ2n) is 4.20. The molecule has 1 aromatic rings. The Balaban J connectivity index is 2.28. The zero-order valence-electron chi connectivity index (χ0n) is 10.1. The Morgan fingerprint density at radius 1 is 0.900 bits per heavy atom. The molecule has 2 rings (SSSR count). The van der Waals surface area contributed by atoms with Crippen molar-refractivity contribution in [2.75, 3.05) is 11.5 Å². The van der Waals surface area contributed by atoms with E-state index in [1.165, 1.54) is 6.21 Å². The average molecular weight is 410 g/mol. The standard InChI is InChI=1S/C12H10Cl5NS2/c13-7-6(8(14)10(16)11(17)9(7)15)1-2-12(5-18)19-3-4-20-12/h5,18H,1-4H2. The average Bonchev–Trinajstić information content (AvgIpc) is 2.92. The predicted octanol–water partition coefficient (Wildman–Crippen LogP) is 6.71. The van der Waals surface area contributed by atoms with Gasteiger partial charge in [0.15, 0.2) is 0 Å². The summed E-state index contributed by atoms with van der Waals surface area (Å²) in [5, 5.41) is 8.97. The molecule has 1 saturated heterocycles. The Morgan fingerprint density at radius 2 is 1.35 bits per heavy atom. The van der Waals surface area contributed by atoms with Crippen LogP contribution >= 0.6 is 81.5 Å². The first kappa shape index (κ1) is 17.4. The van der Waals surface area contributed by atoms with E-state index >= 15 is 0 Å². The smallest absolute Gasteiger partial charge is 0.0957 e. The van der Waals surface area contributed by atoms with Gasteiger partial charge in [-0.15, -0.1) is 23.5 Å². The highest BCUT2D eigenvalue weighted by Gasteiger charge is 2.34. The second kappa shape index (κ2) is 7.08. The van der Waals surface area contributed by atoms with Crippen molar-refractivity contribution in [3.05, 3.63) is 30.7 Å². The van der Waals surface area contributed by atoms with Crippen molar-refractivity contribution >= 4 is 87.7 Å². The van der Waals surface area contributed by atoms with Crippen LogP contribution in [0, 0.1) is 5.41 Å². The molecule has 1 aromatic carbocycles. The van der Waals surface area contributed by atoms with Gasteiger partial charge in [-0.2, -0.15) is 0 Å². The lowest BCUT2D eigenvalue weighted by molar-refractivity contribution is 0.854. The first-order chi connectivity index (χ1) is 9.42. The van der Waals surface area contributed by atoms with Crippen molar-refractivity contribution in [2.24, 2.45) is 0 Å². The summed E-state index contributed by atoms with van der Waals surface area (Å²) in [6, 6.07) is 0. The van der Waals surface area contributed by atoms with Gasteiger partial charge >= 0.3 is 0 Å². The van der Waals surface area contributed by atoms with Crippen LogP contribution < -0.4 is 0 Å². The van der Waals surface area contributed by atoms with E-state index in [4.69, 9.17) is 63.4 Å². The lowest BCUT2D eigenvalue weighted by Crippen LogP contribution is -2.19. The zero-order valence-corrected chi connectivity index (χ0v) is 15.5. The molecule has 8 heteroatoms. The Hall–Kier alpha value is 1.04. The number of rotatable bonds is 4. The van der Waals surface area contributed by atoms with Crippen LogP contribution in [-0.2, 0) is 6.42 Å². The maximum Gasteiger partial charge on any atom is 0.0957 e. The number of hydrogen-bond acceptors (Lipinski definition) is 3. The van der Waals surface area contributed by atoms with Gasteiger partial charge in [-0.25, -0.2) is 0 Å². The Kier molecular flexibility index (Phi) is 6.16. The molecule has 1 aliphatic rings. The highest BCUT2D eigenvalue weighted by molar-refractivity contribution is 8.22. The lowest BCUT2D eigenvalue weighted by Gasteiger charge is -2.22. The molecule has 0 saturated carbocycles. The third-order valence-corrected chi connectivity index (χ3v) is 8.78. The van der Waals surface area contributed by atoms with Crippen molar-refractivity contribution in [1.82, 2.24) is 0 Å². The molecule has 1 N–H and O–H groups in total. The minimum absolute atomic E-state index is 0.179. The monoisotopic (exact) mass is 407 g/mol. The van der Waals surface area contributed by atoms with E-state index in [0.717, 1.165) is 17.9 Å². The van der Waals surface area contributed by atoms with Gasteiger partial charge in [0.2, 0.25) is 0 Å². The fraction of sp³-hybridized carbons (Fsp3) is 0.417. The fourth-order valence-electron chi connectivity index (χ4n) is 1.94. The molecular weight excluding hydrogens is 400 g/mol. The third kappa shape index (κ3) is 3.34. The topological polar surface area (TPSA) is 23.9 Å². The first-order valence-electron chi connectivity index (χ1n) is 5.71. The number of nitrogens with one attached hydrogen (secondary N) is 1. The molecule has 110 valence electrons. The Bertz CT molecular complexity index is 514. The summed E-state index contributed by atoms with van der Waals surface area (Å²) in [7, 11) is 0. The summed E-state index contributed by atoms with van der Waals surface area (Å²) in [5.41, 5.74) is 0.696. The van der Waals surface area contributed by atoms with Crippen molar-refractivity contribution in [3.63, 3.8) is 0 Å². The number of hydrogen-bond donors (Lipinski definition) is 1. The van der Waals surface area contributed by atoms with Gasteiger partial charge in [-0.05, 0) is 18.4 Å². The maximum absolute atomic E-state index is 7.63. The predicted molar refractivity (Wildman–Crippen MR) is 96.2 cm³/mol. The van der Waals surface area contributed by atoms with Gasteiger partial charge in [-0.3, -0.25) is 0 Å². The quantitative estimate of drug-likeness (QED) is 0.339. The van der Waals surface area contributed by atoms with Gasteiger partial charge in [0.25, 0.3) is 0 Å². The molecule has 1 heterocycles. The lowest BCUT2D eigenvalue weighted by atomic mass is 10.1. The van der Waals surface area contributed by atoms with Crippen LogP contribution in [-0.4, -0.2) is 21.8 Å². The van der Waals surface area contributed by atoms with E-state index in [9.17, 15) is 0 Å². The molecule has 1 fully saturated rings. The first-order valence-corrected chi connectivity index (χ1v) is 9.58. The zero-order chi connectivity index (χ0) is 14.9. The largest absolute Gasteiger partial charge is 0.311 e. The van der Waals surface area contributed by atoms with E-state index in [-0.39, 0.29) is 19.1 Å². The van der Waals surface area contributed by atoms with E-state index in [1.807, 2.05) is 0 Å². The van der Waals surface area contributed by atoms with Gasteiger partial charge in [0.05, 0.1) is 29.2 Å². The summed E-state index contributed by atoms with van der Waals surface area (Å²) in [5.74, 6) is 2.09. The molecule has 0 unspecified atom stereocenters. The van der Waals surface area contributed by atoms with Crippen LogP contribution in [0.3, 0.4) is 0 Å². The summed E-state index contributed by atoms with van der Waals surface area (Å²) >= 11 is 34.1. The van der Waals surface area contributed by atoms with E-state index in [1.54, 1.807) is 23.5 Å². The Labute approximate surface area is 151 Å². The van der Waals surface area contributed by atoms with Crippen molar-refractivity contribution in [3.8, 4) is 0 Å². The van der Waals surface area contributed by atoms with Gasteiger partial charge in [0, 0.05) is 17.7 Å². The molecule has 1 aliphatic heterocycles. The van der Waals surface area contributed by atoms with Gasteiger partial charge < -0.3 is 5.41 Å². The summed E-state index contributed by atoms with van der Waals surface area (Å²) < 4.78 is -0.203. The van der Waals surface area contributed by atoms with E-state index in [2.05, 4.69) is 0 Å². The highest BCUT2D eigenvalue weighted by atomic mass is 35.5. The third-order valence-electron chi connectivity index (χ3n) is 3.02. The number of benzene rings is 1. The SMILES string of the molecule is N=CC1(CCc2c(Cl)c(Cl)c(Cl)c(Cl)c2Cl)SCCS1. The van der Waals surface area contributed by atoms with Crippen LogP contribution in [0.25, 0.3) is 0 Å². The van der Waals surface area contributed by atoms with Gasteiger partial charge in [-0.1, -0.05) is 58.0 Å². The molecule has 0 amide bonds. The molecule has 0 aromatic heterocycles. The van der Waals surface area contributed by atoms with Crippen LogP contribution in [0.1, 0.15) is 12.0 Å². The second-order valence-corrected chi connectivity index (χ2v) is 9.20. The van der Waals surface area contributed by atoms with Crippen LogP contribution in [0.5, 0.6) is 0 Å². The molecule has 0 bridgehead atoms. The van der Waals surface area contributed by atoms with Crippen LogP contribution in [0.15, 0.2) is 0 Å². The molecule has 0 atom stereocenters. The van der Waals surface area contributed by atoms with Crippen molar-refractivity contribution in [1.29, 1.82) is 5.41 Å². The summed E-state index contributed by atoms with van der Waals surface area (Å²) in [6.07, 6.45) is 2.85. The fourth-order valence-corrected chi connectivity index (χ4v) is 6.16. The molecular formula is C12H10Cl5NS2. The molecule has 0 aliphatic carbocycles. The number of thioether (sulfide) groups is 2. The minimum atomic E-state index is -0.203. The summed E-state index contributed by atoms with van der Waals surface area (Å²) in [4.78, 5) is 0. The maximum atomic E-state index is 7.63. The van der Waals surface area contributed by atoms with Crippen LogP contribution in [0.2, 0.25) is 25.1 Å². The highest BCUT2D eigenvalue weighted by Crippen LogP contribution is 2.48. The van der Waals surface area contributed by atoms with Crippen molar-refractivity contribution < 1.29 is 0 Å². The Morgan fingerprint density at radius 3 is 1.80 bits per heavy atom. The molecule has 0 spiro atoms. The minimum Gasteiger partial charge on any atom is -0.311 e. The van der Waals surface area contributed by atoms with Crippen LogP contribution in [0.4, 0.5) is 0 Å². The molecule has 0 radical (unpaired) electrons. The molecule has 20 heavy (non-hydrogen) atoms. The normalized spacial score (nSPS) is 17.4. The van der Waals surface area contributed by atoms with E-state index < -0.39 is 0 Å². The number of halogens is 5. The van der Waals surface area contributed by atoms with Crippen molar-refractivity contribution in [2.45, 2.75) is 16.9 Å². The van der Waals surface area contributed by atoms with Gasteiger partial charge in [0.1, 0.15) is 0 Å².